The van der Waals surface area contributed by atoms with E-state index in [-0.39, 0.29) is 17.8 Å². The summed E-state index contributed by atoms with van der Waals surface area (Å²) >= 11 is 0. The molecule has 1 aromatic heterocycles. The number of rotatable bonds is 0. The number of ether oxygens (including phenoxy) is 1. The van der Waals surface area contributed by atoms with E-state index in [0.717, 1.165) is 50.3 Å². The second-order valence-corrected chi connectivity index (χ2v) is 8.62. The first-order chi connectivity index (χ1) is 12.7. The first kappa shape index (κ1) is 16.6. The van der Waals surface area contributed by atoms with Gasteiger partial charge in [0.1, 0.15) is 23.2 Å². The number of aryl methyl sites for hydroxylation is 4. The molecule has 5 rings (SSSR count). The molecule has 3 aromatic rings. The third-order valence-electron chi connectivity index (χ3n) is 6.50. The lowest BCUT2D eigenvalue weighted by molar-refractivity contribution is 0.0624. The molecule has 2 aromatic carbocycles. The molecule has 0 saturated carbocycles. The van der Waals surface area contributed by atoms with Gasteiger partial charge >= 0.3 is 0 Å². The lowest BCUT2D eigenvalue weighted by Gasteiger charge is -2.36. The zero-order valence-electron chi connectivity index (χ0n) is 16.7. The van der Waals surface area contributed by atoms with E-state index in [2.05, 4.69) is 52.0 Å². The van der Waals surface area contributed by atoms with E-state index in [1.165, 1.54) is 5.56 Å². The topological polar surface area (TPSA) is 39.4 Å². The summed E-state index contributed by atoms with van der Waals surface area (Å²) in [5.74, 6) is 1.58. The van der Waals surface area contributed by atoms with E-state index < -0.39 is 5.41 Å². The molecule has 0 spiro atoms. The van der Waals surface area contributed by atoms with Gasteiger partial charge in [0, 0.05) is 10.9 Å². The summed E-state index contributed by atoms with van der Waals surface area (Å²) in [6.45, 7) is 12.5. The molecule has 1 aliphatic heterocycles. The minimum absolute atomic E-state index is 0.124. The lowest BCUT2D eigenvalue weighted by atomic mass is 9.65. The largest absolute Gasteiger partial charge is 0.488 e. The normalized spacial score (nSPS) is 25.9. The number of carbonyl (C=O) groups excluding carboxylic acids is 1. The highest BCUT2D eigenvalue weighted by molar-refractivity contribution is 6.12. The molecule has 3 atom stereocenters. The Morgan fingerprint density at radius 1 is 0.963 bits per heavy atom. The van der Waals surface area contributed by atoms with Crippen molar-refractivity contribution in [2.24, 2.45) is 5.92 Å². The van der Waals surface area contributed by atoms with Crippen molar-refractivity contribution in [2.45, 2.75) is 53.1 Å². The number of hydrogen-bond acceptors (Lipinski definition) is 3. The van der Waals surface area contributed by atoms with Crippen molar-refractivity contribution in [3.05, 3.63) is 63.4 Å². The van der Waals surface area contributed by atoms with Gasteiger partial charge in [-0.05, 0) is 57.4 Å². The van der Waals surface area contributed by atoms with Crippen LogP contribution >= 0.6 is 0 Å². The molecule has 0 unspecified atom stereocenters. The second-order valence-electron chi connectivity index (χ2n) is 8.62. The highest BCUT2D eigenvalue weighted by Crippen LogP contribution is 2.56. The quantitative estimate of drug-likeness (QED) is 0.526. The summed E-state index contributed by atoms with van der Waals surface area (Å²) in [7, 11) is 0. The van der Waals surface area contributed by atoms with Gasteiger partial charge in [0.05, 0.1) is 16.9 Å². The smallest absolute Gasteiger partial charge is 0.173 e. The summed E-state index contributed by atoms with van der Waals surface area (Å²) in [6.07, 6.45) is -0.241. The Morgan fingerprint density at radius 3 is 2.37 bits per heavy atom. The summed E-state index contributed by atoms with van der Waals surface area (Å²) in [5.41, 5.74) is 6.78. The molecule has 0 saturated heterocycles. The fraction of sp³-hybridized carbons (Fsp3) is 0.375. The molecule has 0 radical (unpaired) electrons. The van der Waals surface area contributed by atoms with Crippen LogP contribution < -0.4 is 4.74 Å². The maximum Gasteiger partial charge on any atom is 0.173 e. The van der Waals surface area contributed by atoms with Gasteiger partial charge in [-0.1, -0.05) is 30.7 Å². The van der Waals surface area contributed by atoms with Crippen molar-refractivity contribution in [1.29, 1.82) is 0 Å². The Kier molecular flexibility index (Phi) is 3.10. The predicted molar refractivity (Wildman–Crippen MR) is 106 cm³/mol. The molecular formula is C24H24O3. The number of Topliss-reactive ketones (excluding diaryl/α,β-unsaturated/α-hetero) is 1. The van der Waals surface area contributed by atoms with Gasteiger partial charge in [-0.15, -0.1) is 0 Å². The summed E-state index contributed by atoms with van der Waals surface area (Å²) in [6, 6.07) is 8.52. The number of furan rings is 1. The predicted octanol–water partition coefficient (Wildman–Crippen LogP) is 5.57. The zero-order valence-corrected chi connectivity index (χ0v) is 16.7. The van der Waals surface area contributed by atoms with E-state index in [9.17, 15) is 4.79 Å². The molecule has 0 fully saturated rings. The molecular weight excluding hydrogens is 336 g/mol. The van der Waals surface area contributed by atoms with Gasteiger partial charge < -0.3 is 9.15 Å². The second kappa shape index (κ2) is 5.03. The monoisotopic (exact) mass is 360 g/mol. The fourth-order valence-corrected chi connectivity index (χ4v) is 5.27. The van der Waals surface area contributed by atoms with Crippen molar-refractivity contribution in [3.63, 3.8) is 0 Å². The molecule has 0 amide bonds. The Morgan fingerprint density at radius 2 is 1.63 bits per heavy atom. The van der Waals surface area contributed by atoms with Crippen molar-refractivity contribution in [1.82, 2.24) is 0 Å². The Labute approximate surface area is 159 Å². The first-order valence-corrected chi connectivity index (χ1v) is 9.60. The van der Waals surface area contributed by atoms with Crippen LogP contribution in [-0.4, -0.2) is 11.9 Å². The van der Waals surface area contributed by atoms with Crippen molar-refractivity contribution in [3.8, 4) is 5.75 Å². The van der Waals surface area contributed by atoms with Gasteiger partial charge in [0.25, 0.3) is 0 Å². The highest BCUT2D eigenvalue weighted by Gasteiger charge is 2.58. The molecule has 1 aliphatic carbocycles. The summed E-state index contributed by atoms with van der Waals surface area (Å²) in [5, 5.41) is 0.942. The lowest BCUT2D eigenvalue weighted by Crippen LogP contribution is -2.48. The van der Waals surface area contributed by atoms with Gasteiger partial charge in [-0.3, -0.25) is 4.79 Å². The zero-order chi connectivity index (χ0) is 19.2. The molecule has 0 N–H and O–H groups in total. The molecule has 2 aliphatic rings. The third-order valence-corrected chi connectivity index (χ3v) is 6.50. The van der Waals surface area contributed by atoms with E-state index in [1.54, 1.807) is 0 Å². The highest BCUT2D eigenvalue weighted by atomic mass is 16.5. The van der Waals surface area contributed by atoms with Gasteiger partial charge in [0.15, 0.2) is 5.78 Å². The maximum absolute atomic E-state index is 13.4. The van der Waals surface area contributed by atoms with Crippen LogP contribution in [-0.2, 0) is 5.41 Å². The van der Waals surface area contributed by atoms with Crippen LogP contribution in [0.4, 0.5) is 0 Å². The molecule has 0 bridgehead atoms. The Bertz CT molecular complexity index is 1150. The molecule has 27 heavy (non-hydrogen) atoms. The van der Waals surface area contributed by atoms with Crippen LogP contribution in [0.3, 0.4) is 0 Å². The van der Waals surface area contributed by atoms with Gasteiger partial charge in [-0.2, -0.15) is 0 Å². The maximum atomic E-state index is 13.4. The minimum Gasteiger partial charge on any atom is -0.488 e. The average molecular weight is 360 g/mol. The first-order valence-electron chi connectivity index (χ1n) is 9.60. The SMILES string of the molecule is Cc1cc(C)c2c(c1)[C@]1(C)c3oc4c(C)cc(C)cc4c3C(=O)[C@H](C)[C@@H]1O2. The number of ketones is 1. The van der Waals surface area contributed by atoms with Crippen LogP contribution in [0, 0.1) is 33.6 Å². The molecule has 138 valence electrons. The van der Waals surface area contributed by atoms with E-state index in [4.69, 9.17) is 9.15 Å². The summed E-state index contributed by atoms with van der Waals surface area (Å²) < 4.78 is 12.9. The van der Waals surface area contributed by atoms with Crippen LogP contribution in [0.15, 0.2) is 28.7 Å². The van der Waals surface area contributed by atoms with Gasteiger partial charge in [0.2, 0.25) is 0 Å². The van der Waals surface area contributed by atoms with Crippen LogP contribution in [0.2, 0.25) is 0 Å². The van der Waals surface area contributed by atoms with Crippen molar-refractivity contribution in [2.75, 3.05) is 0 Å². The fourth-order valence-electron chi connectivity index (χ4n) is 5.27. The van der Waals surface area contributed by atoms with E-state index in [1.807, 2.05) is 13.8 Å². The van der Waals surface area contributed by atoms with Crippen LogP contribution in [0.5, 0.6) is 5.75 Å². The van der Waals surface area contributed by atoms with Crippen molar-refractivity contribution < 1.29 is 13.9 Å². The molecule has 3 nitrogen and oxygen atoms in total. The Hall–Kier alpha value is -2.55. The third kappa shape index (κ3) is 1.90. The number of carbonyl (C=O) groups is 1. The van der Waals surface area contributed by atoms with E-state index >= 15 is 0 Å². The number of hydrogen-bond donors (Lipinski definition) is 0. The summed E-state index contributed by atoms with van der Waals surface area (Å²) in [4.78, 5) is 13.4. The molecule has 3 heteroatoms. The van der Waals surface area contributed by atoms with E-state index in [0.29, 0.717) is 0 Å². The number of benzene rings is 2. The number of fused-ring (bicyclic) bond motifs is 7. The average Bonchev–Trinajstić information content (AvgIpc) is 3.11. The van der Waals surface area contributed by atoms with Crippen LogP contribution in [0.25, 0.3) is 11.0 Å². The minimum atomic E-state index is -0.464. The Balaban J connectivity index is 1.92. The van der Waals surface area contributed by atoms with Crippen LogP contribution in [0.1, 0.15) is 57.8 Å². The molecule has 2 heterocycles. The van der Waals surface area contributed by atoms with Gasteiger partial charge in [-0.25, -0.2) is 0 Å². The standard InChI is InChI=1S/C24H24O3/c1-11-7-13(3)20-16(9-11)18-19(25)15(5)22-24(6,23(18)26-20)17-10-12(2)8-14(4)21(17)27-22/h7-10,15,22H,1-6H3/t15-,22-,24-/m0/s1. The van der Waals surface area contributed by atoms with Crippen molar-refractivity contribution >= 4 is 16.8 Å².